The van der Waals surface area contributed by atoms with Crippen molar-refractivity contribution in [2.45, 2.75) is 18.9 Å². The van der Waals surface area contributed by atoms with Crippen LogP contribution in [0.3, 0.4) is 0 Å². The number of halogens is 3. The Kier molecular flexibility index (Phi) is 3.30. The second kappa shape index (κ2) is 4.55. The predicted molar refractivity (Wildman–Crippen MR) is 57.8 cm³/mol. The fourth-order valence-electron chi connectivity index (χ4n) is 1.54. The maximum absolute atomic E-state index is 12.2. The Morgan fingerprint density at radius 2 is 1.94 bits per heavy atom. The van der Waals surface area contributed by atoms with E-state index in [0.717, 1.165) is 0 Å². The summed E-state index contributed by atoms with van der Waals surface area (Å²) >= 11 is 3.28. The summed E-state index contributed by atoms with van der Waals surface area (Å²) in [6.07, 6.45) is -2.80. The van der Waals surface area contributed by atoms with Crippen molar-refractivity contribution in [3.63, 3.8) is 0 Å². The Hall–Kier alpha value is -0.880. The number of benzene rings is 1. The molecule has 0 saturated heterocycles. The van der Waals surface area contributed by atoms with Crippen LogP contribution in [-0.2, 0) is 0 Å². The lowest BCUT2D eigenvalue weighted by atomic mass is 10.0. The molecule has 1 aliphatic heterocycles. The molecule has 0 bridgehead atoms. The average molecular weight is 294 g/mol. The predicted octanol–water partition coefficient (Wildman–Crippen LogP) is 2.83. The molecule has 3 nitrogen and oxygen atoms in total. The van der Waals surface area contributed by atoms with Crippen LogP contribution in [0.15, 0.2) is 16.6 Å². The molecule has 0 fully saturated rings. The van der Waals surface area contributed by atoms with Gasteiger partial charge < -0.3 is 15.2 Å². The maximum Gasteiger partial charge on any atom is 0.240 e. The van der Waals surface area contributed by atoms with Crippen LogP contribution < -0.4 is 15.2 Å². The van der Waals surface area contributed by atoms with Crippen molar-refractivity contribution in [2.75, 3.05) is 6.79 Å². The zero-order chi connectivity index (χ0) is 11.7. The van der Waals surface area contributed by atoms with Crippen LogP contribution in [0.5, 0.6) is 11.5 Å². The summed E-state index contributed by atoms with van der Waals surface area (Å²) in [5, 5.41) is 0. The molecule has 1 aromatic rings. The second-order valence-corrected chi connectivity index (χ2v) is 4.31. The zero-order valence-electron chi connectivity index (χ0n) is 8.25. The molecule has 0 aromatic heterocycles. The molecule has 2 rings (SSSR count). The van der Waals surface area contributed by atoms with Gasteiger partial charge in [0.1, 0.15) is 0 Å². The van der Waals surface area contributed by atoms with E-state index in [-0.39, 0.29) is 13.2 Å². The second-order valence-electron chi connectivity index (χ2n) is 3.46. The summed E-state index contributed by atoms with van der Waals surface area (Å²) in [4.78, 5) is 0. The summed E-state index contributed by atoms with van der Waals surface area (Å²) in [6.45, 7) is 0.148. The van der Waals surface area contributed by atoms with E-state index in [0.29, 0.717) is 21.5 Å². The number of hydrogen-bond donors (Lipinski definition) is 1. The molecule has 1 aliphatic rings. The third-order valence-electron chi connectivity index (χ3n) is 2.32. The third-order valence-corrected chi connectivity index (χ3v) is 3.01. The van der Waals surface area contributed by atoms with Gasteiger partial charge in [-0.1, -0.05) is 15.9 Å². The summed E-state index contributed by atoms with van der Waals surface area (Å²) in [5.74, 6) is 1.14. The van der Waals surface area contributed by atoms with Gasteiger partial charge in [0.2, 0.25) is 13.2 Å². The first-order valence-electron chi connectivity index (χ1n) is 4.70. The largest absolute Gasteiger partial charge is 0.454 e. The standard InChI is InChI=1S/C10H10BrF2NO2/c11-6-2-9-8(15-4-16-9)1-5(6)7(14)3-10(12)13/h1-2,7,10H,3-4,14H2/t7-/m0/s1. The van der Waals surface area contributed by atoms with Crippen LogP contribution in [0.4, 0.5) is 8.78 Å². The fraction of sp³-hybridized carbons (Fsp3) is 0.400. The third kappa shape index (κ3) is 2.27. The Bertz CT molecular complexity index is 401. The summed E-state index contributed by atoms with van der Waals surface area (Å²) < 4.78 is 35.4. The van der Waals surface area contributed by atoms with E-state index < -0.39 is 12.5 Å². The normalized spacial score (nSPS) is 15.6. The van der Waals surface area contributed by atoms with E-state index in [4.69, 9.17) is 15.2 Å². The van der Waals surface area contributed by atoms with E-state index in [1.807, 2.05) is 0 Å². The Balaban J connectivity index is 2.27. The highest BCUT2D eigenvalue weighted by molar-refractivity contribution is 9.10. The van der Waals surface area contributed by atoms with E-state index in [2.05, 4.69) is 15.9 Å². The summed E-state index contributed by atoms with van der Waals surface area (Å²) in [7, 11) is 0. The lowest BCUT2D eigenvalue weighted by Crippen LogP contribution is -2.14. The van der Waals surface area contributed by atoms with E-state index >= 15 is 0 Å². The minimum absolute atomic E-state index is 0.148. The molecular formula is C10H10BrF2NO2. The maximum atomic E-state index is 12.2. The van der Waals surface area contributed by atoms with Crippen molar-refractivity contribution in [3.8, 4) is 11.5 Å². The van der Waals surface area contributed by atoms with Crippen molar-refractivity contribution in [1.29, 1.82) is 0 Å². The van der Waals surface area contributed by atoms with Crippen LogP contribution >= 0.6 is 15.9 Å². The van der Waals surface area contributed by atoms with Crippen LogP contribution in [0, 0.1) is 0 Å². The number of nitrogens with two attached hydrogens (primary N) is 1. The molecule has 0 radical (unpaired) electrons. The number of hydrogen-bond acceptors (Lipinski definition) is 3. The van der Waals surface area contributed by atoms with Crippen molar-refractivity contribution in [2.24, 2.45) is 5.73 Å². The van der Waals surface area contributed by atoms with Gasteiger partial charge in [-0.3, -0.25) is 0 Å². The average Bonchev–Trinajstić information content (AvgIpc) is 2.61. The molecule has 2 N–H and O–H groups in total. The minimum atomic E-state index is -2.42. The highest BCUT2D eigenvalue weighted by atomic mass is 79.9. The smallest absolute Gasteiger partial charge is 0.240 e. The first kappa shape index (κ1) is 11.6. The molecule has 88 valence electrons. The molecule has 1 aromatic carbocycles. The Morgan fingerprint density at radius 1 is 1.31 bits per heavy atom. The van der Waals surface area contributed by atoms with Gasteiger partial charge >= 0.3 is 0 Å². The topological polar surface area (TPSA) is 44.5 Å². The van der Waals surface area contributed by atoms with Gasteiger partial charge in [-0.25, -0.2) is 8.78 Å². The highest BCUT2D eigenvalue weighted by Crippen LogP contribution is 2.39. The number of alkyl halides is 2. The van der Waals surface area contributed by atoms with Crippen LogP contribution in [-0.4, -0.2) is 13.2 Å². The molecule has 0 amide bonds. The van der Waals surface area contributed by atoms with Crippen molar-refractivity contribution < 1.29 is 18.3 Å². The molecule has 1 heterocycles. The van der Waals surface area contributed by atoms with Crippen LogP contribution in [0.2, 0.25) is 0 Å². The van der Waals surface area contributed by atoms with E-state index in [1.54, 1.807) is 12.1 Å². The molecule has 1 atom stereocenters. The Labute approximate surface area is 99.7 Å². The van der Waals surface area contributed by atoms with Gasteiger partial charge in [-0.05, 0) is 17.7 Å². The molecule has 0 unspecified atom stereocenters. The zero-order valence-corrected chi connectivity index (χ0v) is 9.84. The van der Waals surface area contributed by atoms with Crippen molar-refractivity contribution in [1.82, 2.24) is 0 Å². The van der Waals surface area contributed by atoms with Crippen LogP contribution in [0.25, 0.3) is 0 Å². The first-order chi connectivity index (χ1) is 7.58. The Morgan fingerprint density at radius 3 is 2.56 bits per heavy atom. The quantitative estimate of drug-likeness (QED) is 0.932. The highest BCUT2D eigenvalue weighted by Gasteiger charge is 2.21. The van der Waals surface area contributed by atoms with Gasteiger partial charge in [0.05, 0.1) is 0 Å². The molecule has 6 heteroatoms. The monoisotopic (exact) mass is 293 g/mol. The molecule has 0 spiro atoms. The van der Waals surface area contributed by atoms with Gasteiger partial charge in [-0.2, -0.15) is 0 Å². The van der Waals surface area contributed by atoms with Gasteiger partial charge in [0, 0.05) is 16.9 Å². The summed E-state index contributed by atoms with van der Waals surface area (Å²) in [5.41, 5.74) is 6.29. The molecule has 16 heavy (non-hydrogen) atoms. The van der Waals surface area contributed by atoms with Crippen molar-refractivity contribution >= 4 is 15.9 Å². The lowest BCUT2D eigenvalue weighted by molar-refractivity contribution is 0.128. The van der Waals surface area contributed by atoms with E-state index in [1.165, 1.54) is 0 Å². The minimum Gasteiger partial charge on any atom is -0.454 e. The number of ether oxygens (including phenoxy) is 2. The van der Waals surface area contributed by atoms with Gasteiger partial charge in [0.15, 0.2) is 11.5 Å². The SMILES string of the molecule is N[C@@H](CC(F)F)c1cc2c(cc1Br)OCO2. The van der Waals surface area contributed by atoms with Crippen molar-refractivity contribution in [3.05, 3.63) is 22.2 Å². The number of rotatable bonds is 3. The fourth-order valence-corrected chi connectivity index (χ4v) is 2.15. The van der Waals surface area contributed by atoms with Gasteiger partial charge in [-0.15, -0.1) is 0 Å². The molecule has 0 aliphatic carbocycles. The first-order valence-corrected chi connectivity index (χ1v) is 5.50. The summed E-state index contributed by atoms with van der Waals surface area (Å²) in [6, 6.07) is 2.60. The molecule has 0 saturated carbocycles. The van der Waals surface area contributed by atoms with E-state index in [9.17, 15) is 8.78 Å². The lowest BCUT2D eigenvalue weighted by Gasteiger charge is -2.14. The molecular weight excluding hydrogens is 284 g/mol. The number of fused-ring (bicyclic) bond motifs is 1. The van der Waals surface area contributed by atoms with Gasteiger partial charge in [0.25, 0.3) is 0 Å². The van der Waals surface area contributed by atoms with Crippen LogP contribution in [0.1, 0.15) is 18.0 Å².